The Hall–Kier alpha value is -0.430. The zero-order valence-corrected chi connectivity index (χ0v) is 9.99. The maximum Gasteiger partial charge on any atom is 0.298 e. The number of rotatable bonds is 4. The predicted molar refractivity (Wildman–Crippen MR) is 55.6 cm³/mol. The monoisotopic (exact) mass is 290 g/mol. The Kier molecular flexibility index (Phi) is 4.49. The molecule has 3 nitrogen and oxygen atoms in total. The summed E-state index contributed by atoms with van der Waals surface area (Å²) in [5.74, 6) is 0. The van der Waals surface area contributed by atoms with Crippen molar-refractivity contribution in [3.8, 4) is 0 Å². The minimum Gasteiger partial charge on any atom is -0.260 e. The van der Waals surface area contributed by atoms with Crippen LogP contribution in [0.2, 0.25) is 10.0 Å². The lowest BCUT2D eigenvalue weighted by Gasteiger charge is -2.06. The third-order valence-electron chi connectivity index (χ3n) is 1.51. The minimum atomic E-state index is -4.27. The number of alkyl halides is 2. The van der Waals surface area contributed by atoms with Crippen LogP contribution in [0.4, 0.5) is 8.78 Å². The van der Waals surface area contributed by atoms with E-state index in [1.54, 1.807) is 0 Å². The lowest BCUT2D eigenvalue weighted by molar-refractivity contribution is 0.0848. The van der Waals surface area contributed by atoms with E-state index in [0.29, 0.717) is 0 Å². The molecular weight excluding hydrogens is 285 g/mol. The highest BCUT2D eigenvalue weighted by Gasteiger charge is 2.21. The van der Waals surface area contributed by atoms with Gasteiger partial charge in [-0.25, -0.2) is 8.78 Å². The molecule has 0 aliphatic heterocycles. The number of hydrogen-bond donors (Lipinski definition) is 0. The predicted octanol–water partition coefficient (Wildman–Crippen LogP) is 2.96. The fourth-order valence-electron chi connectivity index (χ4n) is 0.882. The summed E-state index contributed by atoms with van der Waals surface area (Å²) >= 11 is 11.2. The van der Waals surface area contributed by atoms with E-state index in [2.05, 4.69) is 4.18 Å². The second kappa shape index (κ2) is 5.27. The molecule has 0 aliphatic rings. The molecule has 0 aromatic heterocycles. The van der Waals surface area contributed by atoms with Crippen LogP contribution in [0.3, 0.4) is 0 Å². The third kappa shape index (κ3) is 3.55. The van der Waals surface area contributed by atoms with E-state index in [0.717, 1.165) is 6.07 Å². The van der Waals surface area contributed by atoms with Gasteiger partial charge >= 0.3 is 0 Å². The second-order valence-electron chi connectivity index (χ2n) is 2.70. The fraction of sp³-hybridized carbons (Fsp3) is 0.250. The molecule has 1 aromatic rings. The average Bonchev–Trinajstić information content (AvgIpc) is 2.14. The zero-order chi connectivity index (χ0) is 12.3. The molecule has 0 unspecified atom stereocenters. The standard InChI is InChI=1S/C8H6Cl2F2O3S/c9-5-1-2-7(6(10)3-5)16(13,14)15-4-8(11)12/h1-3,8H,4H2. The molecule has 0 fully saturated rings. The topological polar surface area (TPSA) is 43.4 Å². The lowest BCUT2D eigenvalue weighted by Crippen LogP contribution is -2.12. The summed E-state index contributed by atoms with van der Waals surface area (Å²) in [5.41, 5.74) is 0. The molecule has 0 radical (unpaired) electrons. The first kappa shape index (κ1) is 13.6. The van der Waals surface area contributed by atoms with E-state index in [1.165, 1.54) is 12.1 Å². The summed E-state index contributed by atoms with van der Waals surface area (Å²) in [5, 5.41) is 0.0552. The largest absolute Gasteiger partial charge is 0.298 e. The Balaban J connectivity index is 2.99. The van der Waals surface area contributed by atoms with E-state index < -0.39 is 23.2 Å². The first-order chi connectivity index (χ1) is 7.33. The molecular formula is C8H6Cl2F2O3S. The Morgan fingerprint density at radius 2 is 1.94 bits per heavy atom. The van der Waals surface area contributed by atoms with Crippen molar-refractivity contribution in [1.82, 2.24) is 0 Å². The number of halogens is 4. The van der Waals surface area contributed by atoms with Gasteiger partial charge in [-0.2, -0.15) is 8.42 Å². The van der Waals surface area contributed by atoms with Gasteiger partial charge in [0.05, 0.1) is 5.02 Å². The molecule has 0 bridgehead atoms. The van der Waals surface area contributed by atoms with Crippen LogP contribution in [-0.4, -0.2) is 21.5 Å². The van der Waals surface area contributed by atoms with Gasteiger partial charge in [0, 0.05) is 5.02 Å². The van der Waals surface area contributed by atoms with Crippen molar-refractivity contribution in [3.05, 3.63) is 28.2 Å². The van der Waals surface area contributed by atoms with Gasteiger partial charge in [-0.3, -0.25) is 4.18 Å². The molecule has 0 heterocycles. The van der Waals surface area contributed by atoms with Crippen LogP contribution in [-0.2, 0) is 14.3 Å². The van der Waals surface area contributed by atoms with E-state index >= 15 is 0 Å². The molecule has 0 aliphatic carbocycles. The van der Waals surface area contributed by atoms with E-state index in [1.807, 2.05) is 0 Å². The van der Waals surface area contributed by atoms with Crippen molar-refractivity contribution < 1.29 is 21.4 Å². The molecule has 1 rings (SSSR count). The minimum absolute atomic E-state index is 0.179. The van der Waals surface area contributed by atoms with Gasteiger partial charge in [0.15, 0.2) is 0 Å². The molecule has 1 aromatic carbocycles. The van der Waals surface area contributed by atoms with E-state index in [-0.39, 0.29) is 14.9 Å². The van der Waals surface area contributed by atoms with Crippen LogP contribution in [0.5, 0.6) is 0 Å². The molecule has 0 spiro atoms. The molecule has 8 heteroatoms. The van der Waals surface area contributed by atoms with Crippen molar-refractivity contribution in [1.29, 1.82) is 0 Å². The van der Waals surface area contributed by atoms with Gasteiger partial charge < -0.3 is 0 Å². The molecule has 16 heavy (non-hydrogen) atoms. The quantitative estimate of drug-likeness (QED) is 0.801. The highest BCUT2D eigenvalue weighted by Crippen LogP contribution is 2.26. The molecule has 90 valence electrons. The average molecular weight is 291 g/mol. The first-order valence-electron chi connectivity index (χ1n) is 3.95. The van der Waals surface area contributed by atoms with Gasteiger partial charge in [0.2, 0.25) is 0 Å². The van der Waals surface area contributed by atoms with Crippen LogP contribution >= 0.6 is 23.2 Å². The Morgan fingerprint density at radius 1 is 1.31 bits per heavy atom. The fourth-order valence-corrected chi connectivity index (χ4v) is 2.52. The molecule has 0 atom stereocenters. The summed E-state index contributed by atoms with van der Waals surface area (Å²) in [6, 6.07) is 3.54. The molecule has 0 amide bonds. The van der Waals surface area contributed by atoms with Crippen molar-refractivity contribution in [2.24, 2.45) is 0 Å². The summed E-state index contributed by atoms with van der Waals surface area (Å²) < 4.78 is 50.5. The number of benzene rings is 1. The summed E-state index contributed by atoms with van der Waals surface area (Å²) in [6.45, 7) is -1.21. The van der Waals surface area contributed by atoms with Gasteiger partial charge in [0.1, 0.15) is 11.5 Å². The van der Waals surface area contributed by atoms with Gasteiger partial charge in [0.25, 0.3) is 16.5 Å². The summed E-state index contributed by atoms with van der Waals surface area (Å²) in [7, 11) is -4.27. The second-order valence-corrected chi connectivity index (χ2v) is 5.13. The zero-order valence-electron chi connectivity index (χ0n) is 7.66. The van der Waals surface area contributed by atoms with Crippen molar-refractivity contribution >= 4 is 33.3 Å². The van der Waals surface area contributed by atoms with Gasteiger partial charge in [-0.1, -0.05) is 23.2 Å². The lowest BCUT2D eigenvalue weighted by atomic mass is 10.4. The number of hydrogen-bond acceptors (Lipinski definition) is 3. The summed E-state index contributed by atoms with van der Waals surface area (Å²) in [6.07, 6.45) is -2.87. The van der Waals surface area contributed by atoms with Gasteiger partial charge in [-0.15, -0.1) is 0 Å². The highest BCUT2D eigenvalue weighted by molar-refractivity contribution is 7.86. The Labute approximate surface area is 101 Å². The van der Waals surface area contributed by atoms with Crippen LogP contribution in [0.1, 0.15) is 0 Å². The highest BCUT2D eigenvalue weighted by atomic mass is 35.5. The normalized spacial score (nSPS) is 12.1. The maximum absolute atomic E-state index is 11.8. The van der Waals surface area contributed by atoms with E-state index in [4.69, 9.17) is 23.2 Å². The smallest absolute Gasteiger partial charge is 0.260 e. The molecule has 0 N–H and O–H groups in total. The van der Waals surface area contributed by atoms with Crippen molar-refractivity contribution in [2.75, 3.05) is 6.61 Å². The Morgan fingerprint density at radius 3 is 2.44 bits per heavy atom. The third-order valence-corrected chi connectivity index (χ3v) is 3.51. The maximum atomic E-state index is 11.8. The summed E-state index contributed by atoms with van der Waals surface area (Å²) in [4.78, 5) is -0.390. The van der Waals surface area contributed by atoms with E-state index in [9.17, 15) is 17.2 Å². The SMILES string of the molecule is O=S(=O)(OCC(F)F)c1ccc(Cl)cc1Cl. The molecule has 0 saturated carbocycles. The van der Waals surface area contributed by atoms with Crippen LogP contribution in [0, 0.1) is 0 Å². The van der Waals surface area contributed by atoms with Crippen molar-refractivity contribution in [3.63, 3.8) is 0 Å². The molecule has 0 saturated heterocycles. The Bertz CT molecular complexity index is 476. The van der Waals surface area contributed by atoms with Crippen molar-refractivity contribution in [2.45, 2.75) is 11.3 Å². The van der Waals surface area contributed by atoms with Crippen LogP contribution in [0.15, 0.2) is 23.1 Å². The van der Waals surface area contributed by atoms with Crippen LogP contribution < -0.4 is 0 Å². The first-order valence-corrected chi connectivity index (χ1v) is 6.12. The van der Waals surface area contributed by atoms with Crippen LogP contribution in [0.25, 0.3) is 0 Å². The van der Waals surface area contributed by atoms with Gasteiger partial charge in [-0.05, 0) is 18.2 Å².